The molecule has 0 unspecified atom stereocenters. The van der Waals surface area contributed by atoms with Crippen LogP contribution in [0.5, 0.6) is 0 Å². The maximum absolute atomic E-state index is 12.2. The predicted octanol–water partition coefficient (Wildman–Crippen LogP) is 3.30. The van der Waals surface area contributed by atoms with E-state index < -0.39 is 66.6 Å². The molecule has 5 aliphatic rings. The summed E-state index contributed by atoms with van der Waals surface area (Å²) in [6.45, 7) is 16.6. The number of hydrogen-bond donors (Lipinski definition) is 7. The molecule has 1 aliphatic heterocycles. The van der Waals surface area contributed by atoms with E-state index in [0.717, 1.165) is 25.7 Å². The fourth-order valence-corrected chi connectivity index (χ4v) is 11.8. The number of hydrogen-bond acceptors (Lipinski definition) is 9. The average Bonchev–Trinajstić information content (AvgIpc) is 3.30. The Morgan fingerprint density at radius 1 is 0.911 bits per heavy atom. The van der Waals surface area contributed by atoms with Gasteiger partial charge in [-0.05, 0) is 117 Å². The smallest absolute Gasteiger partial charge is 0.186 e. The molecule has 0 bridgehead atoms. The van der Waals surface area contributed by atoms with Gasteiger partial charge in [-0.3, -0.25) is 0 Å². The first-order valence-electron chi connectivity index (χ1n) is 17.4. The first-order chi connectivity index (χ1) is 20.7. The Morgan fingerprint density at radius 2 is 1.58 bits per heavy atom. The predicted molar refractivity (Wildman–Crippen MR) is 170 cm³/mol. The second-order valence-corrected chi connectivity index (χ2v) is 17.6. The summed E-state index contributed by atoms with van der Waals surface area (Å²) < 4.78 is 12.1. The number of ether oxygens (including phenoxy) is 2. The molecule has 0 amide bonds. The summed E-state index contributed by atoms with van der Waals surface area (Å²) in [7, 11) is 0. The quantitative estimate of drug-likeness (QED) is 0.164. The highest BCUT2D eigenvalue weighted by Crippen LogP contribution is 2.75. The third-order valence-corrected chi connectivity index (χ3v) is 14.2. The number of aliphatic hydroxyl groups excluding tert-OH is 6. The normalized spacial score (nSPS) is 51.8. The molecular formula is C36H62O9. The van der Waals surface area contributed by atoms with Crippen molar-refractivity contribution in [1.29, 1.82) is 0 Å². The fourth-order valence-electron chi connectivity index (χ4n) is 11.8. The molecule has 7 N–H and O–H groups in total. The number of aliphatic hydroxyl groups is 7. The third kappa shape index (κ3) is 5.68. The zero-order valence-electron chi connectivity index (χ0n) is 28.8. The highest BCUT2D eigenvalue weighted by atomic mass is 16.7. The maximum Gasteiger partial charge on any atom is 0.186 e. The molecular weight excluding hydrogens is 576 g/mol. The standard InChI is InChI=1S/C36H62O9/c1-19(10-9-13-32(2,3)43)20-11-15-35(7)26(20)21(38)16-24-34(6)14-12-25(33(4,5)30(34)22(39)17-36(24,35)8)45-31-29(42)28(41)27(40)23(18-37)44-31/h10,20-31,37-43H,9,11-18H2,1-8H3/b19-10+/t20-,21-,22+,23-,24-,25+,26+,27-,28+,29-,30+,31+,34-,35-,36-/m1/s1. The van der Waals surface area contributed by atoms with Crippen molar-refractivity contribution in [1.82, 2.24) is 0 Å². The largest absolute Gasteiger partial charge is 0.394 e. The van der Waals surface area contributed by atoms with Gasteiger partial charge in [0.05, 0.1) is 30.5 Å². The molecule has 0 spiro atoms. The number of allylic oxidation sites excluding steroid dienone is 2. The summed E-state index contributed by atoms with van der Waals surface area (Å²) >= 11 is 0. The molecule has 0 aromatic heterocycles. The van der Waals surface area contributed by atoms with E-state index in [4.69, 9.17) is 9.47 Å². The van der Waals surface area contributed by atoms with Gasteiger partial charge in [-0.1, -0.05) is 46.3 Å². The summed E-state index contributed by atoms with van der Waals surface area (Å²) in [5, 5.41) is 75.4. The van der Waals surface area contributed by atoms with Gasteiger partial charge in [0.1, 0.15) is 24.4 Å². The lowest BCUT2D eigenvalue weighted by atomic mass is 9.34. The van der Waals surface area contributed by atoms with Crippen molar-refractivity contribution in [2.24, 2.45) is 45.3 Å². The molecule has 9 nitrogen and oxygen atoms in total. The van der Waals surface area contributed by atoms with Crippen LogP contribution in [0.3, 0.4) is 0 Å². The van der Waals surface area contributed by atoms with Crippen LogP contribution < -0.4 is 0 Å². The van der Waals surface area contributed by atoms with Crippen LogP contribution >= 0.6 is 0 Å². The molecule has 0 aromatic rings. The van der Waals surface area contributed by atoms with Crippen LogP contribution in [0, 0.1) is 45.3 Å². The zero-order valence-corrected chi connectivity index (χ0v) is 28.8. The lowest BCUT2D eigenvalue weighted by Gasteiger charge is -2.71. The van der Waals surface area contributed by atoms with Crippen molar-refractivity contribution < 1.29 is 45.2 Å². The van der Waals surface area contributed by atoms with Crippen LogP contribution in [-0.4, -0.2) is 97.0 Å². The second kappa shape index (κ2) is 12.1. The minimum atomic E-state index is -1.51. The number of fused-ring (bicyclic) bond motifs is 5. The van der Waals surface area contributed by atoms with Gasteiger partial charge >= 0.3 is 0 Å². The van der Waals surface area contributed by atoms with E-state index in [9.17, 15) is 35.7 Å². The summed E-state index contributed by atoms with van der Waals surface area (Å²) in [5.41, 5.74) is -0.522. The lowest BCUT2D eigenvalue weighted by molar-refractivity contribution is -0.337. The van der Waals surface area contributed by atoms with Crippen LogP contribution in [0.2, 0.25) is 0 Å². The van der Waals surface area contributed by atoms with Gasteiger partial charge in [0.15, 0.2) is 6.29 Å². The van der Waals surface area contributed by atoms with E-state index >= 15 is 0 Å². The van der Waals surface area contributed by atoms with E-state index in [1.54, 1.807) is 0 Å². The van der Waals surface area contributed by atoms with Gasteiger partial charge in [-0.25, -0.2) is 0 Å². The van der Waals surface area contributed by atoms with E-state index in [2.05, 4.69) is 47.6 Å². The Hall–Kier alpha value is -0.620. The van der Waals surface area contributed by atoms with Crippen molar-refractivity contribution in [2.75, 3.05) is 6.61 Å². The highest BCUT2D eigenvalue weighted by Gasteiger charge is 2.72. The molecule has 0 aromatic carbocycles. The van der Waals surface area contributed by atoms with Crippen LogP contribution in [0.1, 0.15) is 107 Å². The van der Waals surface area contributed by atoms with Crippen LogP contribution in [0.4, 0.5) is 0 Å². The molecule has 1 saturated heterocycles. The summed E-state index contributed by atoms with van der Waals surface area (Å²) in [5.74, 6) is 0.454. The molecule has 4 aliphatic carbocycles. The summed E-state index contributed by atoms with van der Waals surface area (Å²) in [4.78, 5) is 0. The second-order valence-electron chi connectivity index (χ2n) is 17.6. The van der Waals surface area contributed by atoms with Gasteiger partial charge in [0, 0.05) is 0 Å². The Bertz CT molecular complexity index is 1100. The first-order valence-corrected chi connectivity index (χ1v) is 17.4. The molecule has 260 valence electrons. The van der Waals surface area contributed by atoms with Crippen LogP contribution in [0.25, 0.3) is 0 Å². The van der Waals surface area contributed by atoms with Gasteiger partial charge in [-0.15, -0.1) is 0 Å². The van der Waals surface area contributed by atoms with Gasteiger partial charge < -0.3 is 45.2 Å². The fraction of sp³-hybridized carbons (Fsp3) is 0.944. The molecule has 9 heteroatoms. The average molecular weight is 639 g/mol. The Balaban J connectivity index is 1.40. The van der Waals surface area contributed by atoms with E-state index in [-0.39, 0.29) is 39.9 Å². The third-order valence-electron chi connectivity index (χ3n) is 14.2. The molecule has 5 rings (SSSR count). The molecule has 15 atom stereocenters. The van der Waals surface area contributed by atoms with Gasteiger partial charge in [0.2, 0.25) is 0 Å². The molecule has 5 fully saturated rings. The van der Waals surface area contributed by atoms with Crippen molar-refractivity contribution in [3.05, 3.63) is 11.6 Å². The van der Waals surface area contributed by atoms with E-state index in [1.165, 1.54) is 5.57 Å². The minimum absolute atomic E-state index is 0.114. The topological polar surface area (TPSA) is 160 Å². The molecule has 0 radical (unpaired) electrons. The SMILES string of the molecule is C/C(=C\CCC(C)(C)O)[C@H]1CC[C@]2(C)[C@@H]1[C@H](O)C[C@@H]1[C@@]3(C)CC[C@H](O[C@@H]4O[C@H](CO)[C@@H](O)[C@H](O)[C@H]4O)C(C)(C)[C@@H]3[C@@H](O)C[C@]12C. The van der Waals surface area contributed by atoms with Gasteiger partial charge in [0.25, 0.3) is 0 Å². The van der Waals surface area contributed by atoms with Crippen LogP contribution in [0.15, 0.2) is 11.6 Å². The Morgan fingerprint density at radius 3 is 2.20 bits per heavy atom. The van der Waals surface area contributed by atoms with Crippen LogP contribution in [-0.2, 0) is 9.47 Å². The number of rotatable bonds is 7. The van der Waals surface area contributed by atoms with E-state index in [1.807, 2.05) is 13.8 Å². The zero-order chi connectivity index (χ0) is 33.5. The maximum atomic E-state index is 12.2. The van der Waals surface area contributed by atoms with Gasteiger partial charge in [-0.2, -0.15) is 0 Å². The van der Waals surface area contributed by atoms with Crippen molar-refractivity contribution in [2.45, 2.75) is 161 Å². The Kier molecular flexibility index (Phi) is 9.56. The summed E-state index contributed by atoms with van der Waals surface area (Å²) in [6.07, 6.45) is 0.415. The molecule has 45 heavy (non-hydrogen) atoms. The summed E-state index contributed by atoms with van der Waals surface area (Å²) in [6, 6.07) is 0. The van der Waals surface area contributed by atoms with Crippen molar-refractivity contribution in [3.63, 3.8) is 0 Å². The monoisotopic (exact) mass is 638 g/mol. The Labute approximate surface area is 270 Å². The van der Waals surface area contributed by atoms with E-state index in [0.29, 0.717) is 25.7 Å². The first kappa shape index (κ1) is 35.7. The van der Waals surface area contributed by atoms with Crippen molar-refractivity contribution >= 4 is 0 Å². The minimum Gasteiger partial charge on any atom is -0.394 e. The van der Waals surface area contributed by atoms with Crippen molar-refractivity contribution in [3.8, 4) is 0 Å². The highest BCUT2D eigenvalue weighted by molar-refractivity contribution is 5.23. The molecule has 1 heterocycles. The lowest BCUT2D eigenvalue weighted by Crippen LogP contribution is -2.70. The molecule has 4 saturated carbocycles.